The molecular weight excluding hydrogens is 258 g/mol. The van der Waals surface area contributed by atoms with Crippen LogP contribution in [0.2, 0.25) is 0 Å². The van der Waals surface area contributed by atoms with Crippen LogP contribution in [0.5, 0.6) is 0 Å². The van der Waals surface area contributed by atoms with Gasteiger partial charge >= 0.3 is 6.09 Å². The van der Waals surface area contributed by atoms with Gasteiger partial charge in [-0.25, -0.2) is 10.2 Å². The van der Waals surface area contributed by atoms with E-state index in [4.69, 9.17) is 4.74 Å². The maximum absolute atomic E-state index is 12.4. The van der Waals surface area contributed by atoms with Gasteiger partial charge in [-0.15, -0.1) is 0 Å². The molecule has 2 unspecified atom stereocenters. The fourth-order valence-corrected chi connectivity index (χ4v) is 2.00. The summed E-state index contributed by atoms with van der Waals surface area (Å²) in [5.74, 6) is -0.0415. The Morgan fingerprint density at radius 1 is 1.40 bits per heavy atom. The van der Waals surface area contributed by atoms with Crippen molar-refractivity contribution in [1.82, 2.24) is 15.8 Å². The second-order valence-electron chi connectivity index (χ2n) is 6.26. The summed E-state index contributed by atoms with van der Waals surface area (Å²) in [7, 11) is 0. The van der Waals surface area contributed by atoms with Crippen LogP contribution in [0, 0.1) is 5.92 Å². The van der Waals surface area contributed by atoms with Crippen molar-refractivity contribution in [1.29, 1.82) is 0 Å². The van der Waals surface area contributed by atoms with Crippen LogP contribution >= 0.6 is 0 Å². The summed E-state index contributed by atoms with van der Waals surface area (Å²) < 4.78 is 5.23. The minimum absolute atomic E-state index is 0.0532. The number of rotatable bonds is 4. The molecule has 1 heterocycles. The van der Waals surface area contributed by atoms with Gasteiger partial charge in [0.05, 0.1) is 0 Å². The highest BCUT2D eigenvalue weighted by Crippen LogP contribution is 2.14. The fraction of sp³-hybridized carbons (Fsp3) is 0.857. The van der Waals surface area contributed by atoms with E-state index < -0.39 is 17.7 Å². The van der Waals surface area contributed by atoms with Crippen LogP contribution in [0.3, 0.4) is 0 Å². The summed E-state index contributed by atoms with van der Waals surface area (Å²) in [6.45, 7) is 10.8. The zero-order valence-electron chi connectivity index (χ0n) is 13.2. The molecule has 0 aliphatic carbocycles. The lowest BCUT2D eigenvalue weighted by atomic mass is 9.98. The van der Waals surface area contributed by atoms with Crippen molar-refractivity contribution >= 4 is 12.0 Å². The first-order chi connectivity index (χ1) is 9.24. The average molecular weight is 285 g/mol. The van der Waals surface area contributed by atoms with Crippen LogP contribution in [0.4, 0.5) is 4.79 Å². The van der Waals surface area contributed by atoms with Gasteiger partial charge in [0.1, 0.15) is 11.6 Å². The van der Waals surface area contributed by atoms with Crippen molar-refractivity contribution < 1.29 is 14.3 Å². The zero-order chi connectivity index (χ0) is 15.3. The molecule has 2 amide bonds. The molecule has 0 spiro atoms. The van der Waals surface area contributed by atoms with Crippen LogP contribution in [0.25, 0.3) is 0 Å². The lowest BCUT2D eigenvalue weighted by Crippen LogP contribution is -2.54. The third-order valence-electron chi connectivity index (χ3n) is 3.28. The molecule has 1 aliphatic heterocycles. The van der Waals surface area contributed by atoms with Crippen molar-refractivity contribution in [3.8, 4) is 0 Å². The van der Waals surface area contributed by atoms with Gasteiger partial charge in [0, 0.05) is 13.1 Å². The monoisotopic (exact) mass is 285 g/mol. The van der Waals surface area contributed by atoms with Crippen molar-refractivity contribution in [2.75, 3.05) is 13.1 Å². The Kier molecular flexibility index (Phi) is 5.80. The highest BCUT2D eigenvalue weighted by atomic mass is 16.6. The van der Waals surface area contributed by atoms with Crippen LogP contribution in [0.15, 0.2) is 0 Å². The van der Waals surface area contributed by atoms with E-state index >= 15 is 0 Å². The molecule has 0 radical (unpaired) electrons. The molecule has 116 valence electrons. The van der Waals surface area contributed by atoms with E-state index in [0.29, 0.717) is 6.54 Å². The number of hydrazine groups is 1. The quantitative estimate of drug-likeness (QED) is 0.824. The Bertz CT molecular complexity index is 346. The topological polar surface area (TPSA) is 70.7 Å². The van der Waals surface area contributed by atoms with Crippen molar-refractivity contribution in [2.45, 2.75) is 59.1 Å². The number of hydrogen-bond donors (Lipinski definition) is 2. The maximum atomic E-state index is 12.4. The summed E-state index contributed by atoms with van der Waals surface area (Å²) >= 11 is 0. The number of alkyl carbamates (subject to hydrolysis) is 1. The molecule has 2 N–H and O–H groups in total. The van der Waals surface area contributed by atoms with Gasteiger partial charge in [-0.2, -0.15) is 0 Å². The summed E-state index contributed by atoms with van der Waals surface area (Å²) in [5, 5.41) is 4.30. The molecule has 0 aromatic carbocycles. The second-order valence-corrected chi connectivity index (χ2v) is 6.26. The standard InChI is InChI=1S/C14H27N3O3/c1-6-10(2)11(12(18)17-9-7-8-15-17)16-13(19)20-14(3,4)5/h10-11,15H,6-9H2,1-5H3,(H,16,19). The Morgan fingerprint density at radius 3 is 2.50 bits per heavy atom. The van der Waals surface area contributed by atoms with Gasteiger partial charge in [-0.05, 0) is 33.1 Å². The third-order valence-corrected chi connectivity index (χ3v) is 3.28. The van der Waals surface area contributed by atoms with Gasteiger partial charge in [0.25, 0.3) is 5.91 Å². The number of carbonyl (C=O) groups is 2. The molecular formula is C14H27N3O3. The first-order valence-corrected chi connectivity index (χ1v) is 7.29. The fourth-order valence-electron chi connectivity index (χ4n) is 2.00. The number of nitrogens with zero attached hydrogens (tertiary/aromatic N) is 1. The van der Waals surface area contributed by atoms with E-state index in [0.717, 1.165) is 19.4 Å². The van der Waals surface area contributed by atoms with Gasteiger partial charge < -0.3 is 10.1 Å². The molecule has 1 saturated heterocycles. The molecule has 1 aliphatic rings. The van der Waals surface area contributed by atoms with Gasteiger partial charge in [0.2, 0.25) is 0 Å². The van der Waals surface area contributed by atoms with E-state index in [1.807, 2.05) is 13.8 Å². The van der Waals surface area contributed by atoms with E-state index in [-0.39, 0.29) is 11.8 Å². The molecule has 6 heteroatoms. The summed E-state index contributed by atoms with van der Waals surface area (Å²) in [6, 6.07) is -0.555. The largest absolute Gasteiger partial charge is 0.444 e. The molecule has 20 heavy (non-hydrogen) atoms. The second kappa shape index (κ2) is 6.92. The van der Waals surface area contributed by atoms with Crippen molar-refractivity contribution in [2.24, 2.45) is 5.92 Å². The normalized spacial score (nSPS) is 18.6. The smallest absolute Gasteiger partial charge is 0.408 e. The molecule has 2 atom stereocenters. The molecule has 0 bridgehead atoms. The van der Waals surface area contributed by atoms with E-state index in [2.05, 4.69) is 10.7 Å². The molecule has 0 aromatic heterocycles. The molecule has 1 fully saturated rings. The lowest BCUT2D eigenvalue weighted by Gasteiger charge is -2.29. The number of nitrogens with one attached hydrogen (secondary N) is 2. The Hall–Kier alpha value is -1.30. The average Bonchev–Trinajstić information content (AvgIpc) is 2.85. The Labute approximate surface area is 121 Å². The summed E-state index contributed by atoms with van der Waals surface area (Å²) in [5.41, 5.74) is 2.46. The maximum Gasteiger partial charge on any atom is 0.408 e. The Morgan fingerprint density at radius 2 is 2.05 bits per heavy atom. The minimum atomic E-state index is -0.570. The van der Waals surface area contributed by atoms with E-state index in [1.165, 1.54) is 0 Å². The molecule has 1 rings (SSSR count). The third kappa shape index (κ3) is 5.00. The highest BCUT2D eigenvalue weighted by Gasteiger charge is 2.32. The number of amides is 2. The van der Waals surface area contributed by atoms with Crippen molar-refractivity contribution in [3.05, 3.63) is 0 Å². The van der Waals surface area contributed by atoms with Crippen LogP contribution in [-0.2, 0) is 9.53 Å². The van der Waals surface area contributed by atoms with E-state index in [9.17, 15) is 9.59 Å². The molecule has 0 saturated carbocycles. The van der Waals surface area contributed by atoms with Crippen LogP contribution in [-0.4, -0.2) is 41.7 Å². The van der Waals surface area contributed by atoms with Gasteiger partial charge in [0.15, 0.2) is 0 Å². The summed E-state index contributed by atoms with van der Waals surface area (Å²) in [4.78, 5) is 24.3. The Balaban J connectivity index is 2.69. The predicted octanol–water partition coefficient (Wildman–Crippen LogP) is 1.66. The van der Waals surface area contributed by atoms with Gasteiger partial charge in [-0.1, -0.05) is 20.3 Å². The highest BCUT2D eigenvalue weighted by molar-refractivity contribution is 5.85. The zero-order valence-corrected chi connectivity index (χ0v) is 13.2. The number of ether oxygens (including phenoxy) is 1. The molecule has 6 nitrogen and oxygen atoms in total. The van der Waals surface area contributed by atoms with Crippen LogP contribution < -0.4 is 10.7 Å². The van der Waals surface area contributed by atoms with Gasteiger partial charge in [-0.3, -0.25) is 9.80 Å². The predicted molar refractivity (Wildman–Crippen MR) is 76.9 cm³/mol. The first kappa shape index (κ1) is 16.8. The van der Waals surface area contributed by atoms with Crippen molar-refractivity contribution in [3.63, 3.8) is 0 Å². The lowest BCUT2D eigenvalue weighted by molar-refractivity contribution is -0.136. The number of carbonyl (C=O) groups excluding carboxylic acids is 2. The van der Waals surface area contributed by atoms with E-state index in [1.54, 1.807) is 25.8 Å². The number of hydrogen-bond acceptors (Lipinski definition) is 4. The van der Waals surface area contributed by atoms with Crippen LogP contribution in [0.1, 0.15) is 47.5 Å². The first-order valence-electron chi connectivity index (χ1n) is 7.29. The minimum Gasteiger partial charge on any atom is -0.444 e. The SMILES string of the molecule is CCC(C)C(NC(=O)OC(C)(C)C)C(=O)N1CCCN1. The molecule has 0 aromatic rings. The summed E-state index contributed by atoms with van der Waals surface area (Å²) in [6.07, 6.45) is 1.20.